The standard InChI is InChI=1S/C20H18Cl2FN3O3S/c1-3-26(11-16-10-25-20(22)30-16)19(27)12(2)28-14-4-6-15(7-5-14)29-18-17(23)8-13(21)9-24-18/h4-10,12H,3,11H2,1-2H3. The Morgan fingerprint density at radius 3 is 2.50 bits per heavy atom. The highest BCUT2D eigenvalue weighted by molar-refractivity contribution is 7.15. The third kappa shape index (κ3) is 5.81. The van der Waals surface area contributed by atoms with Crippen molar-refractivity contribution in [3.63, 3.8) is 0 Å². The summed E-state index contributed by atoms with van der Waals surface area (Å²) in [5.74, 6) is -0.158. The Labute approximate surface area is 187 Å². The lowest BCUT2D eigenvalue weighted by Gasteiger charge is -2.24. The highest BCUT2D eigenvalue weighted by atomic mass is 35.5. The van der Waals surface area contributed by atoms with E-state index in [0.29, 0.717) is 29.1 Å². The molecule has 0 spiro atoms. The van der Waals surface area contributed by atoms with E-state index in [1.165, 1.54) is 17.5 Å². The molecule has 6 nitrogen and oxygen atoms in total. The largest absolute Gasteiger partial charge is 0.481 e. The van der Waals surface area contributed by atoms with Crippen molar-refractivity contribution in [2.45, 2.75) is 26.5 Å². The molecule has 0 N–H and O–H groups in total. The van der Waals surface area contributed by atoms with Crippen molar-refractivity contribution in [2.24, 2.45) is 0 Å². The van der Waals surface area contributed by atoms with E-state index in [9.17, 15) is 9.18 Å². The maximum atomic E-state index is 13.8. The van der Waals surface area contributed by atoms with Gasteiger partial charge in [-0.1, -0.05) is 23.2 Å². The first-order valence-corrected chi connectivity index (χ1v) is 10.6. The number of ether oxygens (including phenoxy) is 2. The van der Waals surface area contributed by atoms with Gasteiger partial charge in [0, 0.05) is 23.8 Å². The fourth-order valence-electron chi connectivity index (χ4n) is 2.58. The van der Waals surface area contributed by atoms with E-state index in [2.05, 4.69) is 9.97 Å². The predicted molar refractivity (Wildman–Crippen MR) is 114 cm³/mol. The first kappa shape index (κ1) is 22.3. The van der Waals surface area contributed by atoms with Gasteiger partial charge in [0.2, 0.25) is 0 Å². The first-order valence-electron chi connectivity index (χ1n) is 9.00. The van der Waals surface area contributed by atoms with Crippen LogP contribution in [0.15, 0.2) is 42.7 Å². The Bertz CT molecular complexity index is 1020. The minimum atomic E-state index is -0.699. The van der Waals surface area contributed by atoms with Crippen LogP contribution in [0.5, 0.6) is 17.4 Å². The number of hydrogen-bond donors (Lipinski definition) is 0. The molecule has 30 heavy (non-hydrogen) atoms. The molecule has 0 saturated heterocycles. The molecule has 0 aliphatic carbocycles. The van der Waals surface area contributed by atoms with Crippen LogP contribution in [-0.2, 0) is 11.3 Å². The number of nitrogens with zero attached hydrogens (tertiary/aromatic N) is 3. The second kappa shape index (κ2) is 10.1. The molecule has 1 aromatic carbocycles. The summed E-state index contributed by atoms with van der Waals surface area (Å²) < 4.78 is 25.4. The number of likely N-dealkylation sites (N-methyl/N-ethyl adjacent to an activating group) is 1. The summed E-state index contributed by atoms with van der Waals surface area (Å²) in [5, 5.41) is 0.182. The molecule has 158 valence electrons. The van der Waals surface area contributed by atoms with Crippen LogP contribution in [-0.4, -0.2) is 33.4 Å². The number of thiazole rings is 1. The van der Waals surface area contributed by atoms with Gasteiger partial charge in [0.1, 0.15) is 11.5 Å². The normalized spacial score (nSPS) is 11.8. The van der Waals surface area contributed by atoms with E-state index in [4.69, 9.17) is 32.7 Å². The number of carbonyl (C=O) groups is 1. The molecule has 3 rings (SSSR count). The second-order valence-corrected chi connectivity index (χ2v) is 8.34. The van der Waals surface area contributed by atoms with E-state index in [1.54, 1.807) is 42.3 Å². The maximum absolute atomic E-state index is 13.8. The predicted octanol–water partition coefficient (Wildman–Crippen LogP) is 5.59. The van der Waals surface area contributed by atoms with Crippen LogP contribution in [0.3, 0.4) is 0 Å². The van der Waals surface area contributed by atoms with Crippen molar-refractivity contribution in [3.05, 3.63) is 62.9 Å². The molecule has 2 heterocycles. The number of halogens is 3. The van der Waals surface area contributed by atoms with Crippen LogP contribution in [0, 0.1) is 5.82 Å². The lowest BCUT2D eigenvalue weighted by Crippen LogP contribution is -2.39. The van der Waals surface area contributed by atoms with Crippen molar-refractivity contribution in [1.29, 1.82) is 0 Å². The van der Waals surface area contributed by atoms with Gasteiger partial charge >= 0.3 is 0 Å². The topological polar surface area (TPSA) is 64.6 Å². The van der Waals surface area contributed by atoms with Crippen LogP contribution >= 0.6 is 34.5 Å². The fraction of sp³-hybridized carbons (Fsp3) is 0.250. The summed E-state index contributed by atoms with van der Waals surface area (Å²) in [6, 6.07) is 7.57. The van der Waals surface area contributed by atoms with Crippen LogP contribution < -0.4 is 9.47 Å². The molecular weight excluding hydrogens is 452 g/mol. The Balaban J connectivity index is 1.60. The summed E-state index contributed by atoms with van der Waals surface area (Å²) in [4.78, 5) is 23.1. The zero-order valence-electron chi connectivity index (χ0n) is 16.1. The lowest BCUT2D eigenvalue weighted by atomic mass is 10.3. The van der Waals surface area contributed by atoms with Gasteiger partial charge in [0.05, 0.1) is 11.6 Å². The molecule has 1 unspecified atom stereocenters. The van der Waals surface area contributed by atoms with E-state index in [1.807, 2.05) is 6.92 Å². The van der Waals surface area contributed by atoms with Crippen LogP contribution in [0.2, 0.25) is 9.49 Å². The van der Waals surface area contributed by atoms with E-state index in [-0.39, 0.29) is 16.8 Å². The average molecular weight is 470 g/mol. The van der Waals surface area contributed by atoms with E-state index in [0.717, 1.165) is 10.9 Å². The van der Waals surface area contributed by atoms with Gasteiger partial charge in [-0.3, -0.25) is 4.79 Å². The van der Waals surface area contributed by atoms with Crippen molar-refractivity contribution < 1.29 is 18.7 Å². The lowest BCUT2D eigenvalue weighted by molar-refractivity contribution is -0.138. The maximum Gasteiger partial charge on any atom is 0.263 e. The van der Waals surface area contributed by atoms with Crippen molar-refractivity contribution in [1.82, 2.24) is 14.9 Å². The Morgan fingerprint density at radius 2 is 1.90 bits per heavy atom. The molecule has 1 amide bonds. The molecule has 0 saturated carbocycles. The molecule has 0 fully saturated rings. The molecule has 2 aromatic heterocycles. The summed E-state index contributed by atoms with van der Waals surface area (Å²) >= 11 is 12.9. The summed E-state index contributed by atoms with van der Waals surface area (Å²) in [6.07, 6.45) is 2.26. The molecule has 0 aliphatic rings. The Hall–Kier alpha value is -2.42. The number of rotatable bonds is 8. The van der Waals surface area contributed by atoms with Crippen LogP contribution in [0.1, 0.15) is 18.7 Å². The first-order chi connectivity index (χ1) is 14.4. The van der Waals surface area contributed by atoms with Crippen LogP contribution in [0.25, 0.3) is 0 Å². The minimum absolute atomic E-state index is 0.158. The van der Waals surface area contributed by atoms with Gasteiger partial charge in [-0.15, -0.1) is 11.3 Å². The highest BCUT2D eigenvalue weighted by Crippen LogP contribution is 2.26. The summed E-state index contributed by atoms with van der Waals surface area (Å²) in [7, 11) is 0. The Kier molecular flexibility index (Phi) is 7.47. The van der Waals surface area contributed by atoms with Gasteiger partial charge in [0.25, 0.3) is 11.8 Å². The number of hydrogen-bond acceptors (Lipinski definition) is 6. The minimum Gasteiger partial charge on any atom is -0.481 e. The number of benzene rings is 1. The summed E-state index contributed by atoms with van der Waals surface area (Å²) in [5.41, 5.74) is 0. The van der Waals surface area contributed by atoms with Crippen molar-refractivity contribution in [3.8, 4) is 17.4 Å². The number of pyridine rings is 1. The quantitative estimate of drug-likeness (QED) is 0.429. The summed E-state index contributed by atoms with van der Waals surface area (Å²) in [6.45, 7) is 4.51. The van der Waals surface area contributed by atoms with Crippen molar-refractivity contribution >= 4 is 40.4 Å². The van der Waals surface area contributed by atoms with Gasteiger partial charge in [-0.05, 0) is 44.2 Å². The van der Waals surface area contributed by atoms with Gasteiger partial charge in [-0.2, -0.15) is 0 Å². The average Bonchev–Trinajstić information content (AvgIpc) is 3.14. The highest BCUT2D eigenvalue weighted by Gasteiger charge is 2.22. The number of carbonyl (C=O) groups excluding carboxylic acids is 1. The molecule has 3 aromatic rings. The Morgan fingerprint density at radius 1 is 1.20 bits per heavy atom. The van der Waals surface area contributed by atoms with Gasteiger partial charge in [0.15, 0.2) is 16.4 Å². The zero-order chi connectivity index (χ0) is 21.7. The molecule has 0 radical (unpaired) electrons. The SMILES string of the molecule is CCN(Cc1cnc(Cl)s1)C(=O)C(C)Oc1ccc(Oc2ncc(Cl)cc2F)cc1. The third-order valence-electron chi connectivity index (χ3n) is 4.04. The monoisotopic (exact) mass is 469 g/mol. The third-order valence-corrected chi connectivity index (χ3v) is 5.34. The van der Waals surface area contributed by atoms with E-state index < -0.39 is 11.9 Å². The number of amides is 1. The van der Waals surface area contributed by atoms with Gasteiger partial charge in [-0.25, -0.2) is 14.4 Å². The molecule has 10 heteroatoms. The molecular formula is C20H18Cl2FN3O3S. The van der Waals surface area contributed by atoms with E-state index >= 15 is 0 Å². The number of aromatic nitrogens is 2. The molecule has 0 aliphatic heterocycles. The van der Waals surface area contributed by atoms with Crippen molar-refractivity contribution in [2.75, 3.05) is 6.54 Å². The second-order valence-electron chi connectivity index (χ2n) is 6.21. The fourth-order valence-corrected chi connectivity index (χ4v) is 3.72. The smallest absolute Gasteiger partial charge is 0.263 e. The molecule has 1 atom stereocenters. The van der Waals surface area contributed by atoms with Crippen LogP contribution in [0.4, 0.5) is 4.39 Å². The van der Waals surface area contributed by atoms with Gasteiger partial charge < -0.3 is 14.4 Å². The zero-order valence-corrected chi connectivity index (χ0v) is 18.5. The molecule has 0 bridgehead atoms.